The van der Waals surface area contributed by atoms with Crippen LogP contribution in [0.1, 0.15) is 47.6 Å². The lowest BCUT2D eigenvalue weighted by atomic mass is 9.92. The molecule has 2 aromatic carbocycles. The van der Waals surface area contributed by atoms with Crippen LogP contribution in [0.5, 0.6) is 5.75 Å². The number of hydrogen-bond donors (Lipinski definition) is 3. The third-order valence-electron chi connectivity index (χ3n) is 11.2. The zero-order valence-corrected chi connectivity index (χ0v) is 32.2. The fourth-order valence-corrected chi connectivity index (χ4v) is 8.86. The molecule has 3 N–H and O–H groups in total. The van der Waals surface area contributed by atoms with Gasteiger partial charge in [-0.15, -0.1) is 0 Å². The summed E-state index contributed by atoms with van der Waals surface area (Å²) in [4.78, 5) is 74.2. The normalized spacial score (nSPS) is 20.3. The molecule has 0 spiro atoms. The number of carboxylic acids is 1. The SMILES string of the molecule is COc1c(N2CC3CCCN(CN4C(=O)C(=Nc5nc6c(ncn6COCCO)c(=O)[nH]5)c5cc(Br)ccc54)C3C2)c(F)cc2c(=O)c(C(=O)O)cn(C3CC3)c12. The average Bonchev–Trinajstić information content (AvgIpc) is 3.73. The van der Waals surface area contributed by atoms with Gasteiger partial charge in [0.05, 0.1) is 49.9 Å². The molecule has 17 nitrogen and oxygen atoms in total. The number of benzene rings is 2. The van der Waals surface area contributed by atoms with E-state index in [1.54, 1.807) is 15.5 Å². The molecule has 57 heavy (non-hydrogen) atoms. The standard InChI is InChI=1S/C38H37BrFN9O8/c1-56-33-30-23(32(51)24(37(54)55)14-48(30)21-5-6-21)12-25(40)31(33)46-13-19-3-2-8-45(27(19)15-46)17-49-26-7-4-20(39)11-22(26)28(36(49)53)42-38-43-34-29(35(52)44-38)41-16-47(34)18-57-10-9-50/h4,7,11-12,14,16,19,21,27,50H,2-3,5-6,8-10,13,15,17-18H2,1H3,(H,54,55)(H,43,44,52). The summed E-state index contributed by atoms with van der Waals surface area (Å²) in [7, 11) is 1.43. The molecule has 3 aliphatic heterocycles. The van der Waals surface area contributed by atoms with Crippen LogP contribution in [-0.4, -0.2) is 109 Å². The van der Waals surface area contributed by atoms with Crippen molar-refractivity contribution in [1.29, 1.82) is 0 Å². The quantitative estimate of drug-likeness (QED) is 0.164. The predicted octanol–water partition coefficient (Wildman–Crippen LogP) is 3.37. The number of aliphatic hydroxyl groups excluding tert-OH is 1. The van der Waals surface area contributed by atoms with Crippen molar-refractivity contribution in [2.45, 2.75) is 44.5 Å². The number of fused-ring (bicyclic) bond motifs is 4. The molecule has 6 heterocycles. The molecule has 4 aliphatic rings. The van der Waals surface area contributed by atoms with E-state index < -0.39 is 28.3 Å². The zero-order valence-electron chi connectivity index (χ0n) is 30.7. The maximum Gasteiger partial charge on any atom is 0.341 e. The van der Waals surface area contributed by atoms with Gasteiger partial charge in [0, 0.05) is 48.0 Å². The Morgan fingerprint density at radius 2 is 1.98 bits per heavy atom. The second-order valence-electron chi connectivity index (χ2n) is 14.7. The Morgan fingerprint density at radius 3 is 2.74 bits per heavy atom. The highest BCUT2D eigenvalue weighted by atomic mass is 79.9. The number of aromatic carboxylic acids is 1. The predicted molar refractivity (Wildman–Crippen MR) is 209 cm³/mol. The number of carboxylic acid groups (broad SMARTS) is 1. The van der Waals surface area contributed by atoms with Crippen molar-refractivity contribution in [3.63, 3.8) is 0 Å². The monoisotopic (exact) mass is 845 g/mol. The molecule has 1 amide bonds. The Morgan fingerprint density at radius 1 is 1.16 bits per heavy atom. The summed E-state index contributed by atoms with van der Waals surface area (Å²) in [6.07, 6.45) is 6.08. The van der Waals surface area contributed by atoms with Crippen LogP contribution < -0.4 is 25.5 Å². The number of aliphatic hydroxyl groups is 1. The highest BCUT2D eigenvalue weighted by molar-refractivity contribution is 9.10. The van der Waals surface area contributed by atoms with Crippen LogP contribution in [0.4, 0.5) is 21.7 Å². The van der Waals surface area contributed by atoms with Gasteiger partial charge in [0.1, 0.15) is 23.7 Å². The molecule has 296 valence electrons. The number of carbonyl (C=O) groups excluding carboxylic acids is 1. The first-order chi connectivity index (χ1) is 27.6. The summed E-state index contributed by atoms with van der Waals surface area (Å²) < 4.78 is 31.5. The molecule has 1 saturated carbocycles. The van der Waals surface area contributed by atoms with Crippen molar-refractivity contribution in [1.82, 2.24) is 29.0 Å². The van der Waals surface area contributed by atoms with E-state index in [9.17, 15) is 24.3 Å². The Bertz CT molecular complexity index is 2640. The number of nitrogens with zero attached hydrogens (tertiary/aromatic N) is 8. The fraction of sp³-hybridized carbons (Fsp3) is 0.395. The number of ether oxygens (including phenoxy) is 2. The number of H-pyrrole nitrogens is 1. The third-order valence-corrected chi connectivity index (χ3v) is 11.7. The van der Waals surface area contributed by atoms with Gasteiger partial charge in [0.2, 0.25) is 11.4 Å². The van der Waals surface area contributed by atoms with Gasteiger partial charge in [-0.2, -0.15) is 4.98 Å². The Hall–Kier alpha value is -5.50. The Kier molecular flexibility index (Phi) is 9.41. The summed E-state index contributed by atoms with van der Waals surface area (Å²) >= 11 is 3.52. The molecule has 2 saturated heterocycles. The van der Waals surface area contributed by atoms with Crippen LogP contribution >= 0.6 is 15.9 Å². The largest absolute Gasteiger partial charge is 0.492 e. The number of aromatic amines is 1. The van der Waals surface area contributed by atoms with Gasteiger partial charge in [0.15, 0.2) is 22.7 Å². The van der Waals surface area contributed by atoms with E-state index in [1.807, 2.05) is 17.0 Å². The maximum atomic E-state index is 16.3. The molecule has 9 rings (SSSR count). The molecular weight excluding hydrogens is 809 g/mol. The molecular formula is C38H37BrFN9O8. The highest BCUT2D eigenvalue weighted by Gasteiger charge is 2.44. The Balaban J connectivity index is 1.03. The lowest BCUT2D eigenvalue weighted by molar-refractivity contribution is -0.112. The van der Waals surface area contributed by atoms with Gasteiger partial charge in [-0.05, 0) is 55.9 Å². The van der Waals surface area contributed by atoms with E-state index in [2.05, 4.69) is 40.8 Å². The molecule has 1 aliphatic carbocycles. The number of aromatic nitrogens is 5. The van der Waals surface area contributed by atoms with E-state index in [0.717, 1.165) is 36.2 Å². The highest BCUT2D eigenvalue weighted by Crippen LogP contribution is 2.46. The number of amides is 1. The number of anilines is 2. The first-order valence-electron chi connectivity index (χ1n) is 18.6. The Labute approximate surface area is 331 Å². The molecule has 2 atom stereocenters. The van der Waals surface area contributed by atoms with Crippen molar-refractivity contribution in [3.05, 3.63) is 78.8 Å². The second-order valence-corrected chi connectivity index (χ2v) is 15.6. The number of carbonyl (C=O) groups is 2. The number of aliphatic imine (C=N–C) groups is 1. The van der Waals surface area contributed by atoms with Gasteiger partial charge in [-0.1, -0.05) is 15.9 Å². The van der Waals surface area contributed by atoms with E-state index >= 15 is 4.39 Å². The molecule has 5 aromatic rings. The minimum absolute atomic E-state index is 0.00308. The number of methoxy groups -OCH3 is 1. The van der Waals surface area contributed by atoms with Crippen LogP contribution in [0.2, 0.25) is 0 Å². The van der Waals surface area contributed by atoms with Crippen molar-refractivity contribution in [3.8, 4) is 5.75 Å². The minimum Gasteiger partial charge on any atom is -0.492 e. The summed E-state index contributed by atoms with van der Waals surface area (Å²) in [5.41, 5.74) is 0.439. The number of likely N-dealkylation sites (tertiary alicyclic amines) is 1. The number of imidazole rings is 1. The third kappa shape index (κ3) is 6.38. The van der Waals surface area contributed by atoms with Gasteiger partial charge < -0.3 is 29.2 Å². The van der Waals surface area contributed by atoms with Crippen LogP contribution in [-0.2, 0) is 16.3 Å². The van der Waals surface area contributed by atoms with Crippen LogP contribution in [0.3, 0.4) is 0 Å². The summed E-state index contributed by atoms with van der Waals surface area (Å²) in [5.74, 6) is -2.20. The zero-order chi connectivity index (χ0) is 39.7. The van der Waals surface area contributed by atoms with Gasteiger partial charge in [-0.3, -0.25) is 33.7 Å². The second kappa shape index (κ2) is 14.5. The van der Waals surface area contributed by atoms with Crippen molar-refractivity contribution in [2.24, 2.45) is 10.9 Å². The van der Waals surface area contributed by atoms with E-state index in [4.69, 9.17) is 14.6 Å². The van der Waals surface area contributed by atoms with E-state index in [1.165, 1.54) is 24.2 Å². The molecule has 0 bridgehead atoms. The fourth-order valence-electron chi connectivity index (χ4n) is 8.50. The van der Waals surface area contributed by atoms with Gasteiger partial charge in [0.25, 0.3) is 11.5 Å². The molecule has 0 radical (unpaired) electrons. The smallest absolute Gasteiger partial charge is 0.341 e. The lowest BCUT2D eigenvalue weighted by Gasteiger charge is -2.39. The average molecular weight is 847 g/mol. The van der Waals surface area contributed by atoms with Crippen molar-refractivity contribution in [2.75, 3.05) is 56.4 Å². The number of piperidine rings is 1. The molecule has 2 unspecified atom stereocenters. The topological polar surface area (TPSA) is 201 Å². The van der Waals surface area contributed by atoms with Crippen LogP contribution in [0, 0.1) is 11.7 Å². The number of rotatable bonds is 11. The van der Waals surface area contributed by atoms with Crippen LogP contribution in [0.15, 0.2) is 55.8 Å². The molecule has 3 aromatic heterocycles. The van der Waals surface area contributed by atoms with E-state index in [0.29, 0.717) is 36.4 Å². The molecule has 3 fully saturated rings. The first-order valence-corrected chi connectivity index (χ1v) is 19.4. The van der Waals surface area contributed by atoms with Crippen molar-refractivity contribution >= 4 is 72.9 Å². The number of hydrogen-bond acceptors (Lipinski definition) is 12. The van der Waals surface area contributed by atoms with Crippen LogP contribution in [0.25, 0.3) is 22.1 Å². The summed E-state index contributed by atoms with van der Waals surface area (Å²) in [5, 5.41) is 18.8. The van der Waals surface area contributed by atoms with Crippen molar-refractivity contribution < 1.29 is 33.7 Å². The minimum atomic E-state index is -1.37. The lowest BCUT2D eigenvalue weighted by Crippen LogP contribution is -2.51. The summed E-state index contributed by atoms with van der Waals surface area (Å²) in [6, 6.07) is 6.51. The van der Waals surface area contributed by atoms with Gasteiger partial charge >= 0.3 is 5.97 Å². The van der Waals surface area contributed by atoms with Gasteiger partial charge in [-0.25, -0.2) is 19.2 Å². The number of halogens is 2. The maximum absolute atomic E-state index is 16.3. The molecule has 19 heteroatoms. The number of nitrogens with one attached hydrogen (secondary N) is 1. The van der Waals surface area contributed by atoms with E-state index in [-0.39, 0.29) is 90.2 Å². The first kappa shape index (κ1) is 37.1. The number of pyridine rings is 1. The summed E-state index contributed by atoms with van der Waals surface area (Å²) in [6.45, 7) is 1.73.